The van der Waals surface area contributed by atoms with E-state index in [9.17, 15) is 4.79 Å². The van der Waals surface area contributed by atoms with Crippen LogP contribution in [0.4, 0.5) is 0 Å². The summed E-state index contributed by atoms with van der Waals surface area (Å²) in [5, 5.41) is 0. The highest BCUT2D eigenvalue weighted by Gasteiger charge is 2.03. The molecule has 0 N–H and O–H groups in total. The molecule has 0 unspecified atom stereocenters. The summed E-state index contributed by atoms with van der Waals surface area (Å²) in [7, 11) is 1.61. The van der Waals surface area contributed by atoms with Crippen LogP contribution in [0.5, 0.6) is 0 Å². The zero-order valence-corrected chi connectivity index (χ0v) is 8.30. The van der Waals surface area contributed by atoms with Crippen LogP contribution < -0.4 is 0 Å². The third-order valence-electron chi connectivity index (χ3n) is 1.56. The number of halogens is 1. The Labute approximate surface area is 79.7 Å². The van der Waals surface area contributed by atoms with Gasteiger partial charge in [-0.05, 0) is 11.6 Å². The van der Waals surface area contributed by atoms with Crippen LogP contribution in [-0.2, 0) is 11.3 Å². The van der Waals surface area contributed by atoms with Crippen LogP contribution in [0, 0.1) is 0 Å². The summed E-state index contributed by atoms with van der Waals surface area (Å²) >= 11 is 3.29. The van der Waals surface area contributed by atoms with Crippen LogP contribution in [0.25, 0.3) is 0 Å². The Balaban J connectivity index is 3.09. The molecule has 0 atom stereocenters. The van der Waals surface area contributed by atoms with E-state index in [2.05, 4.69) is 15.9 Å². The number of hydrogen-bond donors (Lipinski definition) is 0. The van der Waals surface area contributed by atoms with Gasteiger partial charge in [0.05, 0.1) is 6.61 Å². The molecular weight excluding hydrogens is 220 g/mol. The van der Waals surface area contributed by atoms with Gasteiger partial charge in [-0.2, -0.15) is 0 Å². The number of benzene rings is 1. The fourth-order valence-electron chi connectivity index (χ4n) is 0.995. The Morgan fingerprint density at radius 3 is 2.92 bits per heavy atom. The summed E-state index contributed by atoms with van der Waals surface area (Å²) in [6.45, 7) is 0.466. The molecule has 0 radical (unpaired) electrons. The Bertz CT molecular complexity index is 284. The smallest absolute Gasteiger partial charge is 0.151 e. The molecule has 0 saturated carbocycles. The number of rotatable bonds is 3. The van der Waals surface area contributed by atoms with E-state index in [1.165, 1.54) is 0 Å². The highest BCUT2D eigenvalue weighted by atomic mass is 79.9. The van der Waals surface area contributed by atoms with Crippen molar-refractivity contribution in [1.29, 1.82) is 0 Å². The van der Waals surface area contributed by atoms with E-state index in [1.807, 2.05) is 18.2 Å². The van der Waals surface area contributed by atoms with Gasteiger partial charge in [0, 0.05) is 17.1 Å². The van der Waals surface area contributed by atoms with Crippen LogP contribution in [0.3, 0.4) is 0 Å². The van der Waals surface area contributed by atoms with Crippen molar-refractivity contribution < 1.29 is 9.53 Å². The number of ether oxygens (including phenoxy) is 1. The summed E-state index contributed by atoms with van der Waals surface area (Å²) in [5.41, 5.74) is 1.57. The van der Waals surface area contributed by atoms with Gasteiger partial charge in [0.2, 0.25) is 0 Å². The van der Waals surface area contributed by atoms with E-state index < -0.39 is 0 Å². The normalized spacial score (nSPS) is 9.83. The van der Waals surface area contributed by atoms with Gasteiger partial charge in [-0.1, -0.05) is 28.1 Å². The van der Waals surface area contributed by atoms with Gasteiger partial charge in [0.25, 0.3) is 0 Å². The summed E-state index contributed by atoms with van der Waals surface area (Å²) < 4.78 is 5.76. The van der Waals surface area contributed by atoms with E-state index in [0.29, 0.717) is 12.2 Å². The summed E-state index contributed by atoms with van der Waals surface area (Å²) in [6.07, 6.45) is 0.832. The maximum atomic E-state index is 10.6. The molecule has 64 valence electrons. The topological polar surface area (TPSA) is 26.3 Å². The molecule has 1 aromatic rings. The number of methoxy groups -OCH3 is 1. The molecule has 0 spiro atoms. The first-order chi connectivity index (χ1) is 5.79. The Morgan fingerprint density at radius 2 is 2.33 bits per heavy atom. The molecule has 2 nitrogen and oxygen atoms in total. The SMILES string of the molecule is COCc1cccc(Br)c1C=O. The highest BCUT2D eigenvalue weighted by Crippen LogP contribution is 2.18. The lowest BCUT2D eigenvalue weighted by molar-refractivity contribution is 0.111. The molecule has 0 bridgehead atoms. The quantitative estimate of drug-likeness (QED) is 0.744. The second kappa shape index (κ2) is 4.38. The highest BCUT2D eigenvalue weighted by molar-refractivity contribution is 9.10. The van der Waals surface area contributed by atoms with Crippen LogP contribution in [0.1, 0.15) is 15.9 Å². The molecule has 0 aliphatic carbocycles. The Morgan fingerprint density at radius 1 is 1.58 bits per heavy atom. The number of carbonyl (C=O) groups excluding carboxylic acids is 1. The summed E-state index contributed by atoms with van der Waals surface area (Å²) in [5.74, 6) is 0. The van der Waals surface area contributed by atoms with Crippen LogP contribution in [0.15, 0.2) is 22.7 Å². The Kier molecular flexibility index (Phi) is 3.44. The molecule has 0 amide bonds. The van der Waals surface area contributed by atoms with Crippen LogP contribution in [-0.4, -0.2) is 13.4 Å². The minimum atomic E-state index is 0.466. The Hall–Kier alpha value is -0.670. The minimum Gasteiger partial charge on any atom is -0.380 e. The van der Waals surface area contributed by atoms with Crippen molar-refractivity contribution in [2.24, 2.45) is 0 Å². The second-order valence-corrected chi connectivity index (χ2v) is 3.22. The summed E-state index contributed by atoms with van der Waals surface area (Å²) in [4.78, 5) is 10.6. The van der Waals surface area contributed by atoms with Crippen molar-refractivity contribution in [1.82, 2.24) is 0 Å². The molecule has 0 aliphatic heterocycles. The van der Waals surface area contributed by atoms with Gasteiger partial charge in [0.1, 0.15) is 0 Å². The van der Waals surface area contributed by atoms with E-state index >= 15 is 0 Å². The maximum absolute atomic E-state index is 10.6. The van der Waals surface area contributed by atoms with Crippen molar-refractivity contribution in [3.8, 4) is 0 Å². The van der Waals surface area contributed by atoms with E-state index in [4.69, 9.17) is 4.74 Å². The average molecular weight is 229 g/mol. The fraction of sp³-hybridized carbons (Fsp3) is 0.222. The predicted octanol–water partition coefficient (Wildman–Crippen LogP) is 2.41. The molecule has 1 aromatic carbocycles. The minimum absolute atomic E-state index is 0.466. The van der Waals surface area contributed by atoms with Gasteiger partial charge in [-0.25, -0.2) is 0 Å². The van der Waals surface area contributed by atoms with Gasteiger partial charge in [-0.3, -0.25) is 4.79 Å². The standard InChI is InChI=1S/C9H9BrO2/c1-12-6-7-3-2-4-9(10)8(7)5-11/h2-5H,6H2,1H3. The van der Waals surface area contributed by atoms with Crippen molar-refractivity contribution in [3.63, 3.8) is 0 Å². The molecule has 0 fully saturated rings. The first-order valence-electron chi connectivity index (χ1n) is 3.51. The molecular formula is C9H9BrO2. The van der Waals surface area contributed by atoms with Gasteiger partial charge in [-0.15, -0.1) is 0 Å². The lowest BCUT2D eigenvalue weighted by Gasteiger charge is -2.04. The third-order valence-corrected chi connectivity index (χ3v) is 2.25. The third kappa shape index (κ3) is 1.93. The zero-order valence-electron chi connectivity index (χ0n) is 6.71. The molecule has 0 saturated heterocycles. The van der Waals surface area contributed by atoms with Gasteiger partial charge < -0.3 is 4.74 Å². The molecule has 12 heavy (non-hydrogen) atoms. The first kappa shape index (κ1) is 9.42. The molecule has 0 aromatic heterocycles. The lowest BCUT2D eigenvalue weighted by Crippen LogP contribution is -1.95. The monoisotopic (exact) mass is 228 g/mol. The van der Waals surface area contributed by atoms with Crippen molar-refractivity contribution in [3.05, 3.63) is 33.8 Å². The van der Waals surface area contributed by atoms with Crippen LogP contribution in [0.2, 0.25) is 0 Å². The number of carbonyl (C=O) groups is 1. The van der Waals surface area contributed by atoms with E-state index in [-0.39, 0.29) is 0 Å². The first-order valence-corrected chi connectivity index (χ1v) is 4.30. The summed E-state index contributed by atoms with van der Waals surface area (Å²) in [6, 6.07) is 5.59. The van der Waals surface area contributed by atoms with E-state index in [1.54, 1.807) is 7.11 Å². The van der Waals surface area contributed by atoms with Gasteiger partial charge in [0.15, 0.2) is 6.29 Å². The van der Waals surface area contributed by atoms with E-state index in [0.717, 1.165) is 16.3 Å². The molecule has 0 aliphatic rings. The second-order valence-electron chi connectivity index (χ2n) is 2.36. The molecule has 1 rings (SSSR count). The van der Waals surface area contributed by atoms with Crippen molar-refractivity contribution in [2.75, 3.05) is 7.11 Å². The molecule has 0 heterocycles. The van der Waals surface area contributed by atoms with Crippen molar-refractivity contribution >= 4 is 22.2 Å². The average Bonchev–Trinajstić information content (AvgIpc) is 2.05. The largest absolute Gasteiger partial charge is 0.380 e. The predicted molar refractivity (Wildman–Crippen MR) is 50.2 cm³/mol. The lowest BCUT2D eigenvalue weighted by atomic mass is 10.1. The van der Waals surface area contributed by atoms with Gasteiger partial charge >= 0.3 is 0 Å². The fourth-order valence-corrected chi connectivity index (χ4v) is 1.50. The maximum Gasteiger partial charge on any atom is 0.151 e. The number of aldehydes is 1. The van der Waals surface area contributed by atoms with Crippen molar-refractivity contribution in [2.45, 2.75) is 6.61 Å². The zero-order chi connectivity index (χ0) is 8.97. The molecule has 3 heteroatoms. The number of hydrogen-bond acceptors (Lipinski definition) is 2. The van der Waals surface area contributed by atoms with Crippen LogP contribution >= 0.6 is 15.9 Å².